The summed E-state index contributed by atoms with van der Waals surface area (Å²) in [6, 6.07) is -0.105. The van der Waals surface area contributed by atoms with Crippen molar-refractivity contribution < 1.29 is 81.9 Å². The maximum absolute atomic E-state index is 10.2. The second-order valence-electron chi connectivity index (χ2n) is 2.91. The van der Waals surface area contributed by atoms with E-state index in [2.05, 4.69) is 4.72 Å². The van der Waals surface area contributed by atoms with Gasteiger partial charge in [-0.25, -0.2) is 13.1 Å². The van der Waals surface area contributed by atoms with Crippen molar-refractivity contribution in [3.8, 4) is 0 Å². The van der Waals surface area contributed by atoms with Gasteiger partial charge in [0, 0.05) is 6.04 Å². The monoisotopic (exact) mass is 311 g/mol. The molecule has 0 bridgehead atoms. The summed E-state index contributed by atoms with van der Waals surface area (Å²) in [5, 5.41) is 0. The minimum Gasteiger partial charge on any atom is -0.735 e. The van der Waals surface area contributed by atoms with E-state index in [0.29, 0.717) is 0 Å². The van der Waals surface area contributed by atoms with E-state index in [1.165, 1.54) is 0 Å². The molecule has 0 aromatic carbocycles. The molecule has 0 unspecified atom stereocenters. The SMILES string of the molecule is O=S(=O)([O-])NC1CCCCC1.[Cs+]. The van der Waals surface area contributed by atoms with Crippen LogP contribution in [0.15, 0.2) is 0 Å². The van der Waals surface area contributed by atoms with E-state index < -0.39 is 10.3 Å². The van der Waals surface area contributed by atoms with Gasteiger partial charge < -0.3 is 4.55 Å². The van der Waals surface area contributed by atoms with E-state index in [1.807, 2.05) is 0 Å². The van der Waals surface area contributed by atoms with Gasteiger partial charge in [0.25, 0.3) is 0 Å². The molecule has 0 aliphatic heterocycles. The van der Waals surface area contributed by atoms with Crippen molar-refractivity contribution in [2.24, 2.45) is 0 Å². The van der Waals surface area contributed by atoms with Gasteiger partial charge >= 0.3 is 68.9 Å². The van der Waals surface area contributed by atoms with Crippen LogP contribution < -0.4 is 73.6 Å². The number of rotatable bonds is 2. The molecule has 1 fully saturated rings. The Labute approximate surface area is 132 Å². The third kappa shape index (κ3) is 6.39. The summed E-state index contributed by atoms with van der Waals surface area (Å²) in [5.74, 6) is 0. The molecule has 1 saturated carbocycles. The quantitative estimate of drug-likeness (QED) is 0.568. The molecule has 0 aromatic heterocycles. The molecular weight excluding hydrogens is 299 g/mol. The zero-order valence-electron chi connectivity index (χ0n) is 7.25. The minimum atomic E-state index is -4.22. The summed E-state index contributed by atoms with van der Waals surface area (Å²) in [6.07, 6.45) is 4.81. The van der Waals surface area contributed by atoms with Crippen molar-refractivity contribution in [2.45, 2.75) is 38.1 Å². The first-order valence-corrected chi connectivity index (χ1v) is 5.22. The van der Waals surface area contributed by atoms with Crippen molar-refractivity contribution in [1.82, 2.24) is 4.72 Å². The van der Waals surface area contributed by atoms with E-state index in [4.69, 9.17) is 0 Å². The normalized spacial score (nSPS) is 20.1. The van der Waals surface area contributed by atoms with Crippen LogP contribution in [0.1, 0.15) is 32.1 Å². The standard InChI is InChI=1S/C6H13NO3S.Cs/c8-11(9,10)7-6-4-2-1-3-5-6;/h6-7H,1-5H2,(H,8,9,10);/q;+1/p-1. The Bertz CT molecular complexity index is 211. The molecule has 6 heteroatoms. The van der Waals surface area contributed by atoms with Crippen LogP contribution in [-0.4, -0.2) is 19.0 Å². The van der Waals surface area contributed by atoms with Crippen LogP contribution in [0.25, 0.3) is 0 Å². The Kier molecular flexibility index (Phi) is 7.44. The van der Waals surface area contributed by atoms with Crippen LogP contribution in [0.5, 0.6) is 0 Å². The average molecular weight is 311 g/mol. The van der Waals surface area contributed by atoms with Crippen LogP contribution in [0.3, 0.4) is 0 Å². The van der Waals surface area contributed by atoms with Crippen molar-refractivity contribution in [1.29, 1.82) is 0 Å². The smallest absolute Gasteiger partial charge is 0.735 e. The minimum absolute atomic E-state index is 0. The van der Waals surface area contributed by atoms with E-state index in [9.17, 15) is 13.0 Å². The van der Waals surface area contributed by atoms with Gasteiger partial charge in [-0.15, -0.1) is 0 Å². The zero-order valence-corrected chi connectivity index (χ0v) is 14.3. The Morgan fingerprint density at radius 3 is 2.08 bits per heavy atom. The maximum Gasteiger partial charge on any atom is 1.00 e. The van der Waals surface area contributed by atoms with Gasteiger partial charge in [-0.05, 0) is 12.8 Å². The zero-order chi connectivity index (χ0) is 8.32. The van der Waals surface area contributed by atoms with Gasteiger partial charge in [-0.2, -0.15) is 0 Å². The van der Waals surface area contributed by atoms with Gasteiger partial charge in [0.2, 0.25) is 0 Å². The number of hydrogen-bond donors (Lipinski definition) is 1. The fourth-order valence-corrected chi connectivity index (χ4v) is 2.07. The van der Waals surface area contributed by atoms with Crippen LogP contribution in [0, 0.1) is 0 Å². The predicted octanol–water partition coefficient (Wildman–Crippen LogP) is -2.63. The van der Waals surface area contributed by atoms with E-state index in [0.717, 1.165) is 32.1 Å². The Morgan fingerprint density at radius 2 is 1.67 bits per heavy atom. The average Bonchev–Trinajstić information content (AvgIpc) is 1.85. The van der Waals surface area contributed by atoms with Gasteiger partial charge in [0.05, 0.1) is 0 Å². The Morgan fingerprint density at radius 1 is 1.17 bits per heavy atom. The van der Waals surface area contributed by atoms with Gasteiger partial charge in [0.15, 0.2) is 10.3 Å². The van der Waals surface area contributed by atoms with Crippen molar-refractivity contribution in [3.05, 3.63) is 0 Å². The van der Waals surface area contributed by atoms with Crippen molar-refractivity contribution in [3.63, 3.8) is 0 Å². The van der Waals surface area contributed by atoms with Gasteiger partial charge in [-0.1, -0.05) is 19.3 Å². The summed E-state index contributed by atoms with van der Waals surface area (Å²) in [5.41, 5.74) is 0. The molecule has 0 spiro atoms. The summed E-state index contributed by atoms with van der Waals surface area (Å²) >= 11 is 0. The van der Waals surface area contributed by atoms with Gasteiger partial charge in [-0.3, -0.25) is 0 Å². The second-order valence-corrected chi connectivity index (χ2v) is 4.05. The first-order chi connectivity index (χ1) is 5.08. The summed E-state index contributed by atoms with van der Waals surface area (Å²) < 4.78 is 32.8. The van der Waals surface area contributed by atoms with E-state index in [1.54, 1.807) is 0 Å². The second kappa shape index (κ2) is 6.41. The number of nitrogens with one attached hydrogen (secondary N) is 1. The molecule has 0 radical (unpaired) electrons. The molecule has 0 heterocycles. The molecule has 1 aliphatic carbocycles. The fraction of sp³-hybridized carbons (Fsp3) is 1.00. The van der Waals surface area contributed by atoms with Crippen LogP contribution in [-0.2, 0) is 10.3 Å². The molecule has 12 heavy (non-hydrogen) atoms. The third-order valence-corrected chi connectivity index (χ3v) is 2.54. The molecular formula is C6H12CsNO3S. The third-order valence-electron chi connectivity index (χ3n) is 1.92. The maximum atomic E-state index is 10.2. The summed E-state index contributed by atoms with van der Waals surface area (Å²) in [4.78, 5) is 0. The van der Waals surface area contributed by atoms with Crippen LogP contribution in [0.2, 0.25) is 0 Å². The van der Waals surface area contributed by atoms with Crippen LogP contribution in [0.4, 0.5) is 0 Å². The van der Waals surface area contributed by atoms with Crippen molar-refractivity contribution >= 4 is 10.3 Å². The first kappa shape index (κ1) is 13.9. The van der Waals surface area contributed by atoms with E-state index >= 15 is 0 Å². The molecule has 1 N–H and O–H groups in total. The van der Waals surface area contributed by atoms with E-state index in [-0.39, 0.29) is 74.9 Å². The first-order valence-electron chi connectivity index (χ1n) is 3.81. The van der Waals surface area contributed by atoms with Gasteiger partial charge in [0.1, 0.15) is 0 Å². The fourth-order valence-electron chi connectivity index (χ4n) is 1.42. The number of hydrogen-bond acceptors (Lipinski definition) is 3. The summed E-state index contributed by atoms with van der Waals surface area (Å²) in [6.45, 7) is 0. The molecule has 1 aliphatic rings. The molecule has 0 saturated heterocycles. The molecule has 66 valence electrons. The predicted molar refractivity (Wildman–Crippen MR) is 39.7 cm³/mol. The molecule has 1 rings (SSSR count). The molecule has 0 atom stereocenters. The topological polar surface area (TPSA) is 69.2 Å². The molecule has 0 amide bonds. The summed E-state index contributed by atoms with van der Waals surface area (Å²) in [7, 11) is -4.22. The Hall–Kier alpha value is 1.92. The van der Waals surface area contributed by atoms with Crippen molar-refractivity contribution in [2.75, 3.05) is 0 Å². The molecule has 4 nitrogen and oxygen atoms in total. The molecule has 0 aromatic rings. The van der Waals surface area contributed by atoms with Crippen LogP contribution >= 0.6 is 0 Å². The Balaban J connectivity index is 0.00000121. The largest absolute Gasteiger partial charge is 1.00 e.